The molecular weight excluding hydrogens is 282 g/mol. The van der Waals surface area contributed by atoms with Gasteiger partial charge in [0.1, 0.15) is 5.76 Å². The Balaban J connectivity index is 1.92. The quantitative estimate of drug-likeness (QED) is 0.687. The summed E-state index contributed by atoms with van der Waals surface area (Å²) in [5, 5.41) is 8.61. The first-order chi connectivity index (χ1) is 9.17. The Bertz CT molecular complexity index is 566. The maximum Gasteiger partial charge on any atom is 0.161 e. The number of anilines is 1. The lowest BCUT2D eigenvalue weighted by atomic mass is 10.3. The zero-order valence-corrected chi connectivity index (χ0v) is 12.3. The Morgan fingerprint density at radius 2 is 2.16 bits per heavy atom. The van der Waals surface area contributed by atoms with Crippen LogP contribution in [0.25, 0.3) is 0 Å². The highest BCUT2D eigenvalue weighted by Crippen LogP contribution is 2.18. The highest BCUT2D eigenvalue weighted by atomic mass is 35.5. The summed E-state index contributed by atoms with van der Waals surface area (Å²) in [5.41, 5.74) is 1.84. The SMILES string of the molecule is CN=C(Nc1ccc(Cl)cc1)SCc1cc(C)no1. The van der Waals surface area contributed by atoms with Gasteiger partial charge < -0.3 is 9.84 Å². The smallest absolute Gasteiger partial charge is 0.161 e. The molecule has 0 unspecified atom stereocenters. The van der Waals surface area contributed by atoms with Gasteiger partial charge in [-0.3, -0.25) is 4.99 Å². The molecule has 0 aliphatic carbocycles. The molecule has 0 fully saturated rings. The van der Waals surface area contributed by atoms with Crippen molar-refractivity contribution in [2.45, 2.75) is 12.7 Å². The zero-order chi connectivity index (χ0) is 13.7. The number of benzene rings is 1. The first-order valence-electron chi connectivity index (χ1n) is 5.72. The first kappa shape index (κ1) is 14.0. The van der Waals surface area contributed by atoms with E-state index < -0.39 is 0 Å². The van der Waals surface area contributed by atoms with Crippen LogP contribution in [0.5, 0.6) is 0 Å². The third-order valence-corrected chi connectivity index (χ3v) is 3.57. The number of nitrogens with one attached hydrogen (secondary N) is 1. The molecule has 0 saturated carbocycles. The van der Waals surface area contributed by atoms with Crippen LogP contribution in [-0.2, 0) is 5.75 Å². The van der Waals surface area contributed by atoms with E-state index in [4.69, 9.17) is 16.1 Å². The summed E-state index contributed by atoms with van der Waals surface area (Å²) in [4.78, 5) is 4.20. The maximum atomic E-state index is 5.84. The molecular formula is C13H14ClN3OS. The monoisotopic (exact) mass is 295 g/mol. The van der Waals surface area contributed by atoms with Crippen LogP contribution in [0, 0.1) is 6.92 Å². The summed E-state index contributed by atoms with van der Waals surface area (Å²) < 4.78 is 5.15. The number of rotatable bonds is 3. The fourth-order valence-corrected chi connectivity index (χ4v) is 2.30. The molecule has 0 aliphatic rings. The molecule has 1 aromatic heterocycles. The number of amidine groups is 1. The lowest BCUT2D eigenvalue weighted by Gasteiger charge is -2.07. The van der Waals surface area contributed by atoms with Crippen molar-refractivity contribution < 1.29 is 4.52 Å². The number of aromatic nitrogens is 1. The van der Waals surface area contributed by atoms with Crippen LogP contribution in [-0.4, -0.2) is 17.4 Å². The van der Waals surface area contributed by atoms with Crippen LogP contribution in [0.2, 0.25) is 5.02 Å². The molecule has 19 heavy (non-hydrogen) atoms. The molecule has 0 saturated heterocycles. The van der Waals surface area contributed by atoms with Crippen LogP contribution in [0.4, 0.5) is 5.69 Å². The third kappa shape index (κ3) is 4.29. The van der Waals surface area contributed by atoms with Crippen molar-refractivity contribution in [2.24, 2.45) is 4.99 Å². The van der Waals surface area contributed by atoms with E-state index in [1.807, 2.05) is 37.3 Å². The van der Waals surface area contributed by atoms with Crippen molar-refractivity contribution in [3.8, 4) is 0 Å². The van der Waals surface area contributed by atoms with Gasteiger partial charge in [0.05, 0.1) is 11.4 Å². The van der Waals surface area contributed by atoms with E-state index in [1.165, 1.54) is 0 Å². The largest absolute Gasteiger partial charge is 0.360 e. The van der Waals surface area contributed by atoms with Crippen molar-refractivity contribution >= 4 is 34.2 Å². The van der Waals surface area contributed by atoms with E-state index in [-0.39, 0.29) is 0 Å². The minimum atomic E-state index is 0.689. The standard InChI is InChI=1S/C13H14ClN3OS/c1-9-7-12(18-17-9)8-19-13(15-2)16-11-5-3-10(14)4-6-11/h3-7H,8H2,1-2H3,(H,15,16). The second kappa shape index (κ2) is 6.63. The van der Waals surface area contributed by atoms with Gasteiger partial charge in [0.15, 0.2) is 5.17 Å². The summed E-state index contributed by atoms with van der Waals surface area (Å²) in [7, 11) is 1.75. The summed E-state index contributed by atoms with van der Waals surface area (Å²) in [5.74, 6) is 1.52. The molecule has 0 radical (unpaired) electrons. The molecule has 1 heterocycles. The van der Waals surface area contributed by atoms with Gasteiger partial charge in [-0.2, -0.15) is 0 Å². The minimum absolute atomic E-state index is 0.689. The molecule has 2 rings (SSSR count). The normalized spacial score (nSPS) is 11.6. The highest BCUT2D eigenvalue weighted by Gasteiger charge is 2.05. The van der Waals surface area contributed by atoms with E-state index in [0.717, 1.165) is 22.3 Å². The second-order valence-electron chi connectivity index (χ2n) is 3.88. The Kier molecular flexibility index (Phi) is 4.87. The third-order valence-electron chi connectivity index (χ3n) is 2.33. The summed E-state index contributed by atoms with van der Waals surface area (Å²) in [6.45, 7) is 1.90. The number of aliphatic imine (C=N–C) groups is 1. The molecule has 0 spiro atoms. The maximum absolute atomic E-state index is 5.84. The molecule has 0 amide bonds. The number of thioether (sulfide) groups is 1. The van der Waals surface area contributed by atoms with Crippen LogP contribution >= 0.6 is 23.4 Å². The number of aryl methyl sites for hydroxylation is 1. The minimum Gasteiger partial charge on any atom is -0.360 e. The molecule has 0 aliphatic heterocycles. The summed E-state index contributed by atoms with van der Waals surface area (Å²) in [6.07, 6.45) is 0. The molecule has 100 valence electrons. The van der Waals surface area contributed by atoms with E-state index in [0.29, 0.717) is 10.8 Å². The van der Waals surface area contributed by atoms with E-state index in [2.05, 4.69) is 15.5 Å². The molecule has 0 bridgehead atoms. The van der Waals surface area contributed by atoms with Crippen LogP contribution < -0.4 is 5.32 Å². The first-order valence-corrected chi connectivity index (χ1v) is 7.08. The van der Waals surface area contributed by atoms with Crippen molar-refractivity contribution in [3.63, 3.8) is 0 Å². The van der Waals surface area contributed by atoms with E-state index in [9.17, 15) is 0 Å². The molecule has 2 aromatic rings. The van der Waals surface area contributed by atoms with Gasteiger partial charge in [-0.15, -0.1) is 0 Å². The average molecular weight is 296 g/mol. The molecule has 6 heteroatoms. The van der Waals surface area contributed by atoms with Gasteiger partial charge >= 0.3 is 0 Å². The molecule has 1 N–H and O–H groups in total. The van der Waals surface area contributed by atoms with Crippen molar-refractivity contribution in [3.05, 3.63) is 46.8 Å². The Hall–Kier alpha value is -1.46. The zero-order valence-electron chi connectivity index (χ0n) is 10.7. The molecule has 4 nitrogen and oxygen atoms in total. The van der Waals surface area contributed by atoms with Crippen molar-refractivity contribution in [1.29, 1.82) is 0 Å². The molecule has 0 atom stereocenters. The van der Waals surface area contributed by atoms with Gasteiger partial charge in [-0.05, 0) is 31.2 Å². The Labute approximate surface area is 121 Å². The Morgan fingerprint density at radius 1 is 1.42 bits per heavy atom. The number of hydrogen-bond donors (Lipinski definition) is 1. The van der Waals surface area contributed by atoms with Crippen LogP contribution in [0.1, 0.15) is 11.5 Å². The summed E-state index contributed by atoms with van der Waals surface area (Å²) in [6, 6.07) is 9.41. The van der Waals surface area contributed by atoms with E-state index in [1.54, 1.807) is 18.8 Å². The highest BCUT2D eigenvalue weighted by molar-refractivity contribution is 8.13. The number of halogens is 1. The van der Waals surface area contributed by atoms with Gasteiger partial charge in [-0.25, -0.2) is 0 Å². The van der Waals surface area contributed by atoms with Gasteiger partial charge in [0.2, 0.25) is 0 Å². The van der Waals surface area contributed by atoms with Crippen molar-refractivity contribution in [1.82, 2.24) is 5.16 Å². The predicted octanol–water partition coefficient (Wildman–Crippen LogP) is 3.97. The fraction of sp³-hybridized carbons (Fsp3) is 0.231. The van der Waals surface area contributed by atoms with Gasteiger partial charge in [0, 0.05) is 23.8 Å². The lowest BCUT2D eigenvalue weighted by molar-refractivity contribution is 0.391. The fourth-order valence-electron chi connectivity index (χ4n) is 1.44. The summed E-state index contributed by atoms with van der Waals surface area (Å²) >= 11 is 7.40. The topological polar surface area (TPSA) is 50.4 Å². The number of nitrogens with zero attached hydrogens (tertiary/aromatic N) is 2. The lowest BCUT2D eigenvalue weighted by Crippen LogP contribution is -2.07. The second-order valence-corrected chi connectivity index (χ2v) is 5.28. The Morgan fingerprint density at radius 3 is 2.74 bits per heavy atom. The molecule has 1 aromatic carbocycles. The van der Waals surface area contributed by atoms with Crippen LogP contribution in [0.3, 0.4) is 0 Å². The predicted molar refractivity (Wildman–Crippen MR) is 81.0 cm³/mol. The van der Waals surface area contributed by atoms with Gasteiger partial charge in [-0.1, -0.05) is 28.5 Å². The average Bonchev–Trinajstić information content (AvgIpc) is 2.82. The van der Waals surface area contributed by atoms with E-state index >= 15 is 0 Å². The number of hydrogen-bond acceptors (Lipinski definition) is 4. The van der Waals surface area contributed by atoms with Crippen LogP contribution in [0.15, 0.2) is 39.8 Å². The van der Waals surface area contributed by atoms with Crippen molar-refractivity contribution in [2.75, 3.05) is 12.4 Å². The van der Waals surface area contributed by atoms with Gasteiger partial charge in [0.25, 0.3) is 0 Å².